The van der Waals surface area contributed by atoms with Crippen LogP contribution >= 0.6 is 0 Å². The van der Waals surface area contributed by atoms with Crippen molar-refractivity contribution in [3.05, 3.63) is 23.3 Å². The Bertz CT molecular complexity index is 445. The number of nitriles is 2. The van der Waals surface area contributed by atoms with Gasteiger partial charge in [-0.3, -0.25) is 0 Å². The SMILES string of the molecule is CC(/C=C(\C#N)C(C)(C)C)CC/C(C#N)=C/C1CC1. The average molecular weight is 256 g/mol. The van der Waals surface area contributed by atoms with E-state index in [9.17, 15) is 5.26 Å². The van der Waals surface area contributed by atoms with Gasteiger partial charge in [-0.1, -0.05) is 39.8 Å². The molecule has 1 unspecified atom stereocenters. The van der Waals surface area contributed by atoms with Gasteiger partial charge in [0.05, 0.1) is 12.1 Å². The molecule has 0 radical (unpaired) electrons. The lowest BCUT2D eigenvalue weighted by Gasteiger charge is -2.18. The zero-order valence-electron chi connectivity index (χ0n) is 12.5. The topological polar surface area (TPSA) is 47.6 Å². The van der Waals surface area contributed by atoms with Crippen LogP contribution in [-0.2, 0) is 0 Å². The highest BCUT2D eigenvalue weighted by molar-refractivity contribution is 5.28. The van der Waals surface area contributed by atoms with Gasteiger partial charge in [0.2, 0.25) is 0 Å². The molecule has 2 heteroatoms. The van der Waals surface area contributed by atoms with Crippen LogP contribution < -0.4 is 0 Å². The van der Waals surface area contributed by atoms with Crippen LogP contribution in [0.15, 0.2) is 23.3 Å². The first-order valence-electron chi connectivity index (χ1n) is 7.10. The van der Waals surface area contributed by atoms with Gasteiger partial charge in [-0.15, -0.1) is 0 Å². The van der Waals surface area contributed by atoms with E-state index in [2.05, 4.69) is 52.0 Å². The molecule has 102 valence electrons. The zero-order valence-corrected chi connectivity index (χ0v) is 12.5. The second kappa shape index (κ2) is 6.58. The van der Waals surface area contributed by atoms with Gasteiger partial charge in [0.15, 0.2) is 0 Å². The molecule has 1 fully saturated rings. The lowest BCUT2D eigenvalue weighted by molar-refractivity contribution is 0.508. The summed E-state index contributed by atoms with van der Waals surface area (Å²) in [7, 11) is 0. The van der Waals surface area contributed by atoms with Gasteiger partial charge in [-0.25, -0.2) is 0 Å². The third-order valence-electron chi connectivity index (χ3n) is 3.45. The van der Waals surface area contributed by atoms with Crippen molar-refractivity contribution in [1.29, 1.82) is 10.5 Å². The van der Waals surface area contributed by atoms with Gasteiger partial charge in [-0.2, -0.15) is 10.5 Å². The van der Waals surface area contributed by atoms with E-state index < -0.39 is 0 Å². The Kier molecular flexibility index (Phi) is 5.37. The van der Waals surface area contributed by atoms with E-state index in [1.807, 2.05) is 0 Å². The van der Waals surface area contributed by atoms with Crippen molar-refractivity contribution >= 4 is 0 Å². The zero-order chi connectivity index (χ0) is 14.5. The molecule has 1 saturated carbocycles. The molecule has 0 aromatic carbocycles. The molecule has 0 aliphatic heterocycles. The quantitative estimate of drug-likeness (QED) is 0.666. The molecule has 1 rings (SSSR count). The maximum Gasteiger partial charge on any atom is 0.0949 e. The lowest BCUT2D eigenvalue weighted by Crippen LogP contribution is -2.09. The van der Waals surface area contributed by atoms with Gasteiger partial charge in [0.25, 0.3) is 0 Å². The van der Waals surface area contributed by atoms with E-state index in [4.69, 9.17) is 5.26 Å². The van der Waals surface area contributed by atoms with Gasteiger partial charge in [0, 0.05) is 11.1 Å². The summed E-state index contributed by atoms with van der Waals surface area (Å²) in [5.74, 6) is 0.995. The molecular weight excluding hydrogens is 232 g/mol. The highest BCUT2D eigenvalue weighted by atomic mass is 14.3. The third kappa shape index (κ3) is 5.75. The minimum atomic E-state index is -0.0923. The minimum Gasteiger partial charge on any atom is -0.193 e. The monoisotopic (exact) mass is 256 g/mol. The Morgan fingerprint density at radius 1 is 1.26 bits per heavy atom. The number of allylic oxidation sites excluding steroid dienone is 4. The maximum absolute atomic E-state index is 9.18. The number of hydrogen-bond acceptors (Lipinski definition) is 2. The van der Waals surface area contributed by atoms with Crippen LogP contribution in [0.4, 0.5) is 0 Å². The Labute approximate surface area is 117 Å². The molecule has 0 bridgehead atoms. The van der Waals surface area contributed by atoms with Gasteiger partial charge < -0.3 is 0 Å². The van der Waals surface area contributed by atoms with Crippen molar-refractivity contribution in [3.8, 4) is 12.1 Å². The van der Waals surface area contributed by atoms with Gasteiger partial charge in [0.1, 0.15) is 0 Å². The summed E-state index contributed by atoms with van der Waals surface area (Å²) in [6, 6.07) is 4.60. The molecule has 0 aromatic heterocycles. The molecule has 1 aliphatic rings. The Morgan fingerprint density at radius 3 is 2.32 bits per heavy atom. The van der Waals surface area contributed by atoms with Crippen LogP contribution in [0.2, 0.25) is 0 Å². The summed E-state index contributed by atoms with van der Waals surface area (Å²) >= 11 is 0. The van der Waals surface area contributed by atoms with Crippen molar-refractivity contribution in [2.24, 2.45) is 17.3 Å². The summed E-state index contributed by atoms with van der Waals surface area (Å²) in [6.07, 6.45) is 8.44. The molecule has 2 nitrogen and oxygen atoms in total. The molecule has 0 aromatic rings. The second-order valence-electron chi connectivity index (χ2n) is 6.60. The minimum absolute atomic E-state index is 0.0923. The molecule has 0 N–H and O–H groups in total. The number of hydrogen-bond donors (Lipinski definition) is 0. The molecular formula is C17H24N2. The molecule has 1 aliphatic carbocycles. The van der Waals surface area contributed by atoms with Crippen LogP contribution in [0.3, 0.4) is 0 Å². The number of nitrogens with zero attached hydrogens (tertiary/aromatic N) is 2. The first-order valence-corrected chi connectivity index (χ1v) is 7.10. The second-order valence-corrected chi connectivity index (χ2v) is 6.60. The van der Waals surface area contributed by atoms with Gasteiger partial charge in [-0.05, 0) is 42.9 Å². The predicted octanol–water partition coefficient (Wildman–Crippen LogP) is 4.76. The third-order valence-corrected chi connectivity index (χ3v) is 3.45. The smallest absolute Gasteiger partial charge is 0.0949 e. The average Bonchev–Trinajstić information content (AvgIpc) is 3.13. The fourth-order valence-corrected chi connectivity index (χ4v) is 1.93. The molecule has 19 heavy (non-hydrogen) atoms. The molecule has 0 heterocycles. The van der Waals surface area contributed by atoms with Crippen molar-refractivity contribution in [2.75, 3.05) is 0 Å². The van der Waals surface area contributed by atoms with E-state index in [1.54, 1.807) is 0 Å². The van der Waals surface area contributed by atoms with Gasteiger partial charge >= 0.3 is 0 Å². The van der Waals surface area contributed by atoms with Crippen molar-refractivity contribution < 1.29 is 0 Å². The molecule has 0 spiro atoms. The van der Waals surface area contributed by atoms with Crippen LogP contribution in [0.25, 0.3) is 0 Å². The van der Waals surface area contributed by atoms with Crippen LogP contribution in [0, 0.1) is 39.9 Å². The highest BCUT2D eigenvalue weighted by Gasteiger charge is 2.20. The van der Waals surface area contributed by atoms with E-state index in [0.29, 0.717) is 11.8 Å². The van der Waals surface area contributed by atoms with Crippen LogP contribution in [0.5, 0.6) is 0 Å². The van der Waals surface area contributed by atoms with Crippen molar-refractivity contribution in [1.82, 2.24) is 0 Å². The lowest BCUT2D eigenvalue weighted by atomic mass is 9.84. The fourth-order valence-electron chi connectivity index (χ4n) is 1.93. The van der Waals surface area contributed by atoms with Crippen LogP contribution in [0.1, 0.15) is 53.4 Å². The van der Waals surface area contributed by atoms with E-state index >= 15 is 0 Å². The molecule has 0 amide bonds. The normalized spacial score (nSPS) is 18.6. The first-order chi connectivity index (χ1) is 8.86. The molecule has 1 atom stereocenters. The van der Waals surface area contributed by atoms with E-state index in [-0.39, 0.29) is 5.41 Å². The first kappa shape index (κ1) is 15.5. The molecule has 0 saturated heterocycles. The van der Waals surface area contributed by atoms with E-state index in [0.717, 1.165) is 24.0 Å². The summed E-state index contributed by atoms with van der Waals surface area (Å²) in [5.41, 5.74) is 1.66. The largest absolute Gasteiger partial charge is 0.193 e. The summed E-state index contributed by atoms with van der Waals surface area (Å²) < 4.78 is 0. The summed E-state index contributed by atoms with van der Waals surface area (Å²) in [4.78, 5) is 0. The summed E-state index contributed by atoms with van der Waals surface area (Å²) in [6.45, 7) is 8.29. The maximum atomic E-state index is 9.18. The van der Waals surface area contributed by atoms with E-state index in [1.165, 1.54) is 12.8 Å². The Morgan fingerprint density at radius 2 is 1.89 bits per heavy atom. The predicted molar refractivity (Wildman–Crippen MR) is 78.0 cm³/mol. The Balaban J connectivity index is 2.55. The highest BCUT2D eigenvalue weighted by Crippen LogP contribution is 2.32. The number of rotatable bonds is 5. The van der Waals surface area contributed by atoms with Crippen molar-refractivity contribution in [3.63, 3.8) is 0 Å². The summed E-state index contributed by atoms with van der Waals surface area (Å²) in [5, 5.41) is 18.3. The fraction of sp³-hybridized carbons (Fsp3) is 0.647. The Hall–Kier alpha value is -1.54. The van der Waals surface area contributed by atoms with Crippen LogP contribution in [-0.4, -0.2) is 0 Å². The standard InChI is InChI=1S/C17H24N2/c1-13(9-16(12-19)17(2,3)4)5-6-15(11-18)10-14-7-8-14/h9-10,13-14H,5-8H2,1-4H3/b15-10-,16-9+. The van der Waals surface area contributed by atoms with Crippen molar-refractivity contribution in [2.45, 2.75) is 53.4 Å².